The summed E-state index contributed by atoms with van der Waals surface area (Å²) in [4.78, 5) is 11.7. The lowest BCUT2D eigenvalue weighted by Gasteiger charge is -2.38. The maximum atomic E-state index is 11.7. The maximum Gasteiger partial charge on any atom is 0.303 e. The Morgan fingerprint density at radius 1 is 1.44 bits per heavy atom. The first-order valence-corrected chi connectivity index (χ1v) is 9.83. The van der Waals surface area contributed by atoms with E-state index in [2.05, 4.69) is 46.8 Å². The molecule has 3 nitrogen and oxygen atoms in total. The van der Waals surface area contributed by atoms with E-state index in [1.165, 1.54) is 18.1 Å². The number of aliphatic hydroxyl groups is 1. The Morgan fingerprint density at radius 2 is 2.12 bits per heavy atom. The molecule has 1 saturated carbocycles. The number of ether oxygens (including phenoxy) is 1. The highest BCUT2D eigenvalue weighted by Crippen LogP contribution is 2.50. The largest absolute Gasteiger partial charge is 0.459 e. The molecule has 25 heavy (non-hydrogen) atoms. The molecule has 0 saturated heterocycles. The highest BCUT2D eigenvalue weighted by molar-refractivity contribution is 5.66. The lowest BCUT2D eigenvalue weighted by atomic mass is 9.74. The molecule has 0 amide bonds. The quantitative estimate of drug-likeness (QED) is 0.559. The topological polar surface area (TPSA) is 46.5 Å². The predicted molar refractivity (Wildman–Crippen MR) is 102 cm³/mol. The van der Waals surface area contributed by atoms with Gasteiger partial charge >= 0.3 is 5.97 Å². The van der Waals surface area contributed by atoms with Crippen LogP contribution in [0.3, 0.4) is 0 Å². The molecule has 0 spiro atoms. The Labute approximate surface area is 153 Å². The Balaban J connectivity index is 2.20. The second kappa shape index (κ2) is 8.07. The maximum absolute atomic E-state index is 11.7. The molecule has 1 fully saturated rings. The van der Waals surface area contributed by atoms with Gasteiger partial charge < -0.3 is 9.84 Å². The van der Waals surface area contributed by atoms with Crippen molar-refractivity contribution in [2.24, 2.45) is 23.7 Å². The molecular formula is C22H36O3. The van der Waals surface area contributed by atoms with Crippen LogP contribution < -0.4 is 0 Å². The van der Waals surface area contributed by atoms with E-state index in [-0.39, 0.29) is 29.8 Å². The average molecular weight is 349 g/mol. The summed E-state index contributed by atoms with van der Waals surface area (Å²) < 4.78 is 5.82. The van der Waals surface area contributed by atoms with Crippen molar-refractivity contribution in [2.45, 2.75) is 85.4 Å². The smallest absolute Gasteiger partial charge is 0.303 e. The van der Waals surface area contributed by atoms with Gasteiger partial charge in [0.2, 0.25) is 0 Å². The van der Waals surface area contributed by atoms with Gasteiger partial charge in [0.15, 0.2) is 0 Å². The molecule has 0 radical (unpaired) electrons. The fourth-order valence-electron chi connectivity index (χ4n) is 5.05. The van der Waals surface area contributed by atoms with Crippen LogP contribution in [0.4, 0.5) is 0 Å². The van der Waals surface area contributed by atoms with Gasteiger partial charge in [-0.1, -0.05) is 30.2 Å². The summed E-state index contributed by atoms with van der Waals surface area (Å²) in [7, 11) is 0. The van der Waals surface area contributed by atoms with E-state index < -0.39 is 5.60 Å². The van der Waals surface area contributed by atoms with Crippen molar-refractivity contribution in [3.63, 3.8) is 0 Å². The number of rotatable bonds is 5. The normalized spacial score (nSPS) is 36.0. The van der Waals surface area contributed by atoms with Gasteiger partial charge in [0.25, 0.3) is 0 Å². The van der Waals surface area contributed by atoms with E-state index in [4.69, 9.17) is 4.74 Å². The predicted octanol–water partition coefficient (Wildman–Crippen LogP) is 5.04. The van der Waals surface area contributed by atoms with Crippen LogP contribution in [0, 0.1) is 23.7 Å². The van der Waals surface area contributed by atoms with Gasteiger partial charge in [0, 0.05) is 18.8 Å². The molecule has 1 N–H and O–H groups in total. The van der Waals surface area contributed by atoms with Gasteiger partial charge in [-0.3, -0.25) is 4.79 Å². The molecule has 0 heterocycles. The average Bonchev–Trinajstić information content (AvgIpc) is 2.83. The number of esters is 1. The molecule has 0 aromatic heterocycles. The Hall–Kier alpha value is -1.09. The van der Waals surface area contributed by atoms with Crippen LogP contribution in [0.2, 0.25) is 0 Å². The summed E-state index contributed by atoms with van der Waals surface area (Å²) in [5, 5.41) is 11.2. The van der Waals surface area contributed by atoms with Crippen molar-refractivity contribution < 1.29 is 14.6 Å². The fraction of sp³-hybridized carbons (Fsp3) is 0.773. The van der Waals surface area contributed by atoms with Gasteiger partial charge in [0.05, 0.1) is 6.10 Å². The Bertz CT molecular complexity index is 543. The van der Waals surface area contributed by atoms with Crippen LogP contribution in [-0.2, 0) is 9.53 Å². The summed E-state index contributed by atoms with van der Waals surface area (Å²) in [6, 6.07) is 0. The lowest BCUT2D eigenvalue weighted by Crippen LogP contribution is -2.43. The first kappa shape index (κ1) is 20.2. The van der Waals surface area contributed by atoms with Crippen LogP contribution >= 0.6 is 0 Å². The third-order valence-electron chi connectivity index (χ3n) is 6.50. The molecule has 2 rings (SSSR count). The van der Waals surface area contributed by atoms with Crippen molar-refractivity contribution in [3.8, 4) is 0 Å². The Kier molecular flexibility index (Phi) is 6.53. The number of carbonyl (C=O) groups is 1. The van der Waals surface area contributed by atoms with Crippen molar-refractivity contribution in [2.75, 3.05) is 0 Å². The lowest BCUT2D eigenvalue weighted by molar-refractivity contribution is -0.163. The number of hydrogen-bond donors (Lipinski definition) is 1. The highest BCUT2D eigenvalue weighted by atomic mass is 16.6. The van der Waals surface area contributed by atoms with Gasteiger partial charge in [-0.2, -0.15) is 0 Å². The van der Waals surface area contributed by atoms with Crippen LogP contribution in [0.1, 0.15) is 73.6 Å². The summed E-state index contributed by atoms with van der Waals surface area (Å²) >= 11 is 0. The van der Waals surface area contributed by atoms with Crippen LogP contribution in [0.5, 0.6) is 0 Å². The van der Waals surface area contributed by atoms with Gasteiger partial charge in [-0.25, -0.2) is 0 Å². The van der Waals surface area contributed by atoms with E-state index in [9.17, 15) is 9.90 Å². The van der Waals surface area contributed by atoms with E-state index in [0.717, 1.165) is 32.1 Å². The number of hydrogen-bond acceptors (Lipinski definition) is 3. The summed E-state index contributed by atoms with van der Waals surface area (Å²) in [5.74, 6) is 0.815. The standard InChI is InChI=1S/C22H36O3/c1-14(2)8-7-9-15(3)18-12-13-22(6,25-17(5)23)19-11-10-16(4)20(19)21(18)24/h8,10,15,18-21,24H,7,9,11-13H2,1-6H3/t15-,18+,19-,20-,21-,22+/m1/s1. The van der Waals surface area contributed by atoms with Crippen molar-refractivity contribution in [1.82, 2.24) is 0 Å². The molecule has 0 aromatic carbocycles. The monoisotopic (exact) mass is 348 g/mol. The van der Waals surface area contributed by atoms with Gasteiger partial charge in [-0.05, 0) is 71.6 Å². The molecule has 2 aliphatic rings. The van der Waals surface area contributed by atoms with Gasteiger partial charge in [-0.15, -0.1) is 0 Å². The zero-order valence-electron chi connectivity index (χ0n) is 16.8. The molecular weight excluding hydrogens is 312 g/mol. The minimum absolute atomic E-state index is 0.114. The molecule has 0 bridgehead atoms. The second-order valence-electron chi connectivity index (χ2n) is 8.75. The zero-order chi connectivity index (χ0) is 18.8. The summed E-state index contributed by atoms with van der Waals surface area (Å²) in [5.41, 5.74) is 2.14. The second-order valence-corrected chi connectivity index (χ2v) is 8.75. The van der Waals surface area contributed by atoms with Crippen molar-refractivity contribution in [1.29, 1.82) is 0 Å². The van der Waals surface area contributed by atoms with Crippen LogP contribution in [-0.4, -0.2) is 22.8 Å². The van der Waals surface area contributed by atoms with E-state index >= 15 is 0 Å². The number of aliphatic hydroxyl groups excluding tert-OH is 1. The first-order valence-electron chi connectivity index (χ1n) is 9.83. The summed E-state index contributed by atoms with van der Waals surface area (Å²) in [6.45, 7) is 12.2. The molecule has 0 aliphatic heterocycles. The highest BCUT2D eigenvalue weighted by Gasteiger charge is 2.51. The minimum Gasteiger partial charge on any atom is -0.459 e. The van der Waals surface area contributed by atoms with Crippen molar-refractivity contribution >= 4 is 5.97 Å². The molecule has 6 atom stereocenters. The molecule has 3 heteroatoms. The van der Waals surface area contributed by atoms with E-state index in [1.807, 2.05) is 0 Å². The molecule has 0 unspecified atom stereocenters. The van der Waals surface area contributed by atoms with Crippen molar-refractivity contribution in [3.05, 3.63) is 23.3 Å². The number of carbonyl (C=O) groups excluding carboxylic acids is 1. The van der Waals surface area contributed by atoms with E-state index in [0.29, 0.717) is 5.92 Å². The molecule has 142 valence electrons. The summed E-state index contributed by atoms with van der Waals surface area (Å²) in [6.07, 6.45) is 8.99. The molecule has 0 aromatic rings. The van der Waals surface area contributed by atoms with Gasteiger partial charge in [0.1, 0.15) is 5.60 Å². The SMILES string of the molecule is CC(=O)O[C@@]1(C)CC[C@@H]([C@H](C)CCC=C(C)C)[C@@H](O)[C@@H]2C(C)=CC[C@H]21. The Morgan fingerprint density at radius 3 is 2.72 bits per heavy atom. The third kappa shape index (κ3) is 4.55. The number of fused-ring (bicyclic) bond motifs is 1. The van der Waals surface area contributed by atoms with Crippen LogP contribution in [0.15, 0.2) is 23.3 Å². The zero-order valence-corrected chi connectivity index (χ0v) is 16.8. The number of allylic oxidation sites excluding steroid dienone is 3. The fourth-order valence-corrected chi connectivity index (χ4v) is 5.05. The third-order valence-corrected chi connectivity index (χ3v) is 6.50. The molecule has 2 aliphatic carbocycles. The van der Waals surface area contributed by atoms with E-state index in [1.54, 1.807) is 0 Å². The first-order chi connectivity index (χ1) is 11.7. The van der Waals surface area contributed by atoms with Crippen LogP contribution in [0.25, 0.3) is 0 Å². The minimum atomic E-state index is -0.472.